The van der Waals surface area contributed by atoms with Crippen LogP contribution in [0.15, 0.2) is 48.5 Å². The molecule has 4 nitrogen and oxygen atoms in total. The molecule has 0 aliphatic rings. The van der Waals surface area contributed by atoms with Gasteiger partial charge in [0, 0.05) is 11.1 Å². The van der Waals surface area contributed by atoms with Gasteiger partial charge in [0.15, 0.2) is 0 Å². The van der Waals surface area contributed by atoms with Crippen LogP contribution >= 0.6 is 11.3 Å². The summed E-state index contributed by atoms with van der Waals surface area (Å²) in [6, 6.07) is 15.7. The molecule has 0 saturated carbocycles. The number of aromatic nitrogens is 1. The predicted octanol–water partition coefficient (Wildman–Crippen LogP) is 6.16. The normalized spacial score (nSPS) is 11.4. The maximum Gasteiger partial charge on any atom is 0.347 e. The lowest BCUT2D eigenvalue weighted by Crippen LogP contribution is -2.12. The summed E-state index contributed by atoms with van der Waals surface area (Å²) in [6.45, 7) is 8.39. The fourth-order valence-electron chi connectivity index (χ4n) is 2.85. The Morgan fingerprint density at radius 1 is 1.11 bits per heavy atom. The number of carboxylic acids is 1. The van der Waals surface area contributed by atoms with E-state index in [1.807, 2.05) is 49.4 Å². The van der Waals surface area contributed by atoms with E-state index in [2.05, 4.69) is 31.8 Å². The Balaban J connectivity index is 1.86. The average molecular weight is 381 g/mol. The van der Waals surface area contributed by atoms with Gasteiger partial charge in [-0.15, -0.1) is 11.3 Å². The SMILES string of the molecule is CCc1nc(-c2ccc(Oc3ccccc3C(C)(C)C)cc2)sc1C(=O)O. The zero-order chi connectivity index (χ0) is 19.6. The molecule has 140 valence electrons. The number of hydrogen-bond acceptors (Lipinski definition) is 4. The van der Waals surface area contributed by atoms with E-state index >= 15 is 0 Å². The lowest BCUT2D eigenvalue weighted by atomic mass is 9.86. The zero-order valence-corrected chi connectivity index (χ0v) is 16.8. The van der Waals surface area contributed by atoms with Crippen molar-refractivity contribution in [3.8, 4) is 22.1 Å². The maximum atomic E-state index is 11.3. The van der Waals surface area contributed by atoms with Gasteiger partial charge in [0.25, 0.3) is 0 Å². The molecule has 2 aromatic carbocycles. The number of carboxylic acid groups (broad SMARTS) is 1. The second-order valence-electron chi connectivity index (χ2n) is 7.33. The molecule has 1 aromatic heterocycles. The molecule has 0 radical (unpaired) electrons. The molecule has 3 rings (SSSR count). The molecular formula is C22H23NO3S. The number of para-hydroxylation sites is 1. The molecule has 0 aliphatic carbocycles. The number of nitrogens with zero attached hydrogens (tertiary/aromatic N) is 1. The summed E-state index contributed by atoms with van der Waals surface area (Å²) >= 11 is 1.21. The molecule has 0 saturated heterocycles. The number of benzene rings is 2. The van der Waals surface area contributed by atoms with Crippen molar-refractivity contribution in [3.05, 3.63) is 64.7 Å². The van der Waals surface area contributed by atoms with Crippen molar-refractivity contribution >= 4 is 17.3 Å². The minimum atomic E-state index is -0.922. The molecule has 0 bridgehead atoms. The molecule has 1 heterocycles. The summed E-state index contributed by atoms with van der Waals surface area (Å²) in [7, 11) is 0. The highest BCUT2D eigenvalue weighted by Crippen LogP contribution is 2.35. The summed E-state index contributed by atoms with van der Waals surface area (Å²) in [5.41, 5.74) is 2.65. The van der Waals surface area contributed by atoms with Crippen molar-refractivity contribution in [2.24, 2.45) is 0 Å². The van der Waals surface area contributed by atoms with E-state index in [1.54, 1.807) is 0 Å². The highest BCUT2D eigenvalue weighted by Gasteiger charge is 2.19. The largest absolute Gasteiger partial charge is 0.477 e. The minimum absolute atomic E-state index is 0.0127. The van der Waals surface area contributed by atoms with E-state index in [9.17, 15) is 9.90 Å². The van der Waals surface area contributed by atoms with E-state index in [-0.39, 0.29) is 5.41 Å². The van der Waals surface area contributed by atoms with Crippen LogP contribution in [0.1, 0.15) is 48.6 Å². The molecule has 5 heteroatoms. The van der Waals surface area contributed by atoms with E-state index in [1.165, 1.54) is 11.3 Å². The summed E-state index contributed by atoms with van der Waals surface area (Å²) in [4.78, 5) is 16.1. The van der Waals surface area contributed by atoms with Gasteiger partial charge in [-0.1, -0.05) is 45.9 Å². The molecule has 0 amide bonds. The van der Waals surface area contributed by atoms with Crippen LogP contribution in [0.25, 0.3) is 10.6 Å². The van der Waals surface area contributed by atoms with Gasteiger partial charge in [0.1, 0.15) is 21.4 Å². The molecule has 0 spiro atoms. The van der Waals surface area contributed by atoms with Crippen molar-refractivity contribution in [1.29, 1.82) is 0 Å². The van der Waals surface area contributed by atoms with Gasteiger partial charge in [-0.05, 0) is 42.2 Å². The zero-order valence-electron chi connectivity index (χ0n) is 15.9. The van der Waals surface area contributed by atoms with E-state index in [0.29, 0.717) is 22.0 Å². The van der Waals surface area contributed by atoms with Crippen molar-refractivity contribution in [2.45, 2.75) is 39.5 Å². The van der Waals surface area contributed by atoms with Crippen molar-refractivity contribution in [2.75, 3.05) is 0 Å². The molecule has 1 N–H and O–H groups in total. The van der Waals surface area contributed by atoms with Crippen molar-refractivity contribution < 1.29 is 14.6 Å². The van der Waals surface area contributed by atoms with Crippen LogP contribution in [0.5, 0.6) is 11.5 Å². The summed E-state index contributed by atoms with van der Waals surface area (Å²) in [5.74, 6) is 0.656. The lowest BCUT2D eigenvalue weighted by molar-refractivity contribution is 0.0701. The summed E-state index contributed by atoms with van der Waals surface area (Å²) in [6.07, 6.45) is 0.600. The Hall–Kier alpha value is -2.66. The molecule has 0 fully saturated rings. The molecule has 3 aromatic rings. The Morgan fingerprint density at radius 3 is 2.33 bits per heavy atom. The third-order valence-corrected chi connectivity index (χ3v) is 5.39. The summed E-state index contributed by atoms with van der Waals surface area (Å²) in [5, 5.41) is 10.0. The third-order valence-electron chi connectivity index (χ3n) is 4.25. The monoisotopic (exact) mass is 381 g/mol. The number of carbonyl (C=O) groups is 1. The first-order chi connectivity index (χ1) is 12.8. The number of aromatic carboxylic acids is 1. The first-order valence-corrected chi connectivity index (χ1v) is 9.72. The molecular weight excluding hydrogens is 358 g/mol. The number of rotatable bonds is 5. The number of aryl methyl sites for hydroxylation is 1. The molecule has 0 aliphatic heterocycles. The van der Waals surface area contributed by atoms with Crippen LogP contribution in [-0.2, 0) is 11.8 Å². The first-order valence-electron chi connectivity index (χ1n) is 8.90. The highest BCUT2D eigenvalue weighted by atomic mass is 32.1. The smallest absolute Gasteiger partial charge is 0.347 e. The number of thiazole rings is 1. The third kappa shape index (κ3) is 4.19. The van der Waals surface area contributed by atoms with Crippen LogP contribution in [0.2, 0.25) is 0 Å². The maximum absolute atomic E-state index is 11.3. The van der Waals surface area contributed by atoms with E-state index in [4.69, 9.17) is 4.74 Å². The Labute approximate surface area is 163 Å². The average Bonchev–Trinajstić information content (AvgIpc) is 3.07. The Bertz CT molecular complexity index is 952. The topological polar surface area (TPSA) is 59.4 Å². The van der Waals surface area contributed by atoms with E-state index in [0.717, 1.165) is 22.6 Å². The van der Waals surface area contributed by atoms with Crippen LogP contribution in [0.4, 0.5) is 0 Å². The quantitative estimate of drug-likeness (QED) is 0.575. The van der Waals surface area contributed by atoms with Crippen LogP contribution in [0, 0.1) is 0 Å². The van der Waals surface area contributed by atoms with Crippen LogP contribution in [-0.4, -0.2) is 16.1 Å². The molecule has 27 heavy (non-hydrogen) atoms. The Morgan fingerprint density at radius 2 is 1.78 bits per heavy atom. The Kier molecular flexibility index (Phi) is 5.33. The number of hydrogen-bond donors (Lipinski definition) is 1. The lowest BCUT2D eigenvalue weighted by Gasteiger charge is -2.22. The van der Waals surface area contributed by atoms with Gasteiger partial charge in [-0.25, -0.2) is 9.78 Å². The van der Waals surface area contributed by atoms with Gasteiger partial charge in [0.05, 0.1) is 5.69 Å². The van der Waals surface area contributed by atoms with Crippen LogP contribution < -0.4 is 4.74 Å². The van der Waals surface area contributed by atoms with Gasteiger partial charge in [-0.3, -0.25) is 0 Å². The van der Waals surface area contributed by atoms with Crippen molar-refractivity contribution in [1.82, 2.24) is 4.98 Å². The fourth-order valence-corrected chi connectivity index (χ4v) is 3.85. The van der Waals surface area contributed by atoms with Gasteiger partial charge in [0.2, 0.25) is 0 Å². The first kappa shape index (κ1) is 19.1. The number of ether oxygens (including phenoxy) is 1. The molecule has 0 atom stereocenters. The standard InChI is InChI=1S/C22H23NO3S/c1-5-17-19(21(24)25)27-20(23-17)14-10-12-15(13-11-14)26-18-9-7-6-8-16(18)22(2,3)4/h6-13H,5H2,1-4H3,(H,24,25). The van der Waals surface area contributed by atoms with Gasteiger partial charge in [-0.2, -0.15) is 0 Å². The van der Waals surface area contributed by atoms with Crippen LogP contribution in [0.3, 0.4) is 0 Å². The second kappa shape index (κ2) is 7.53. The molecule has 0 unspecified atom stereocenters. The van der Waals surface area contributed by atoms with Gasteiger partial charge < -0.3 is 9.84 Å². The van der Waals surface area contributed by atoms with E-state index < -0.39 is 5.97 Å². The summed E-state index contributed by atoms with van der Waals surface area (Å²) < 4.78 is 6.10. The second-order valence-corrected chi connectivity index (χ2v) is 8.33. The minimum Gasteiger partial charge on any atom is -0.477 e. The fraction of sp³-hybridized carbons (Fsp3) is 0.273. The highest BCUT2D eigenvalue weighted by molar-refractivity contribution is 7.17. The predicted molar refractivity (Wildman–Crippen MR) is 109 cm³/mol. The van der Waals surface area contributed by atoms with Gasteiger partial charge >= 0.3 is 5.97 Å². The van der Waals surface area contributed by atoms with Crippen molar-refractivity contribution in [3.63, 3.8) is 0 Å².